The number of carbonyl (C=O) groups is 2. The molecule has 0 N–H and O–H groups in total. The average Bonchev–Trinajstić information content (AvgIpc) is 3.12. The van der Waals surface area contributed by atoms with Gasteiger partial charge >= 0.3 is 0 Å². The molecule has 2 saturated heterocycles. The largest absolute Gasteiger partial charge is 0.343 e. The Morgan fingerprint density at radius 1 is 1.06 bits per heavy atom. The number of aromatic nitrogens is 2. The Balaban J connectivity index is 1.24. The maximum atomic E-state index is 13.8. The first-order valence-electron chi connectivity index (χ1n) is 11.7. The Kier molecular flexibility index (Phi) is 7.17. The fourth-order valence-electron chi connectivity index (χ4n) is 4.50. The number of benzene rings is 1. The van der Waals surface area contributed by atoms with Crippen LogP contribution in [0, 0.1) is 18.7 Å². The molecule has 0 atom stereocenters. The second-order valence-electron chi connectivity index (χ2n) is 8.87. The SMILES string of the molecule is Cc1ccc(-c2noc(CCC(=O)N3CCC(C(=O)N4CCCCCC4)CC3)n2)cc1F. The summed E-state index contributed by atoms with van der Waals surface area (Å²) in [5.41, 5.74) is 1.10. The molecule has 0 spiro atoms. The van der Waals surface area contributed by atoms with Gasteiger partial charge in [-0.1, -0.05) is 30.1 Å². The van der Waals surface area contributed by atoms with Crippen LogP contribution in [0.5, 0.6) is 0 Å². The van der Waals surface area contributed by atoms with Crippen LogP contribution in [0.4, 0.5) is 4.39 Å². The predicted molar refractivity (Wildman–Crippen MR) is 117 cm³/mol. The first kappa shape index (κ1) is 22.4. The third kappa shape index (κ3) is 5.34. The Bertz CT molecular complexity index is 944. The van der Waals surface area contributed by atoms with Gasteiger partial charge in [0.1, 0.15) is 5.82 Å². The summed E-state index contributed by atoms with van der Waals surface area (Å²) in [6.45, 7) is 4.67. The summed E-state index contributed by atoms with van der Waals surface area (Å²) in [7, 11) is 0. The van der Waals surface area contributed by atoms with Gasteiger partial charge in [0.2, 0.25) is 23.5 Å². The van der Waals surface area contributed by atoms with E-state index in [1.807, 2.05) is 9.80 Å². The minimum absolute atomic E-state index is 0.0329. The van der Waals surface area contributed by atoms with Crippen LogP contribution in [-0.2, 0) is 16.0 Å². The predicted octanol–water partition coefficient (Wildman–Crippen LogP) is 3.76. The van der Waals surface area contributed by atoms with E-state index in [0.717, 1.165) is 38.8 Å². The van der Waals surface area contributed by atoms with Crippen molar-refractivity contribution in [1.82, 2.24) is 19.9 Å². The van der Waals surface area contributed by atoms with Crippen molar-refractivity contribution in [2.24, 2.45) is 5.92 Å². The van der Waals surface area contributed by atoms with Crippen LogP contribution in [0.15, 0.2) is 22.7 Å². The number of nitrogens with zero attached hydrogens (tertiary/aromatic N) is 4. The molecule has 32 heavy (non-hydrogen) atoms. The van der Waals surface area contributed by atoms with E-state index in [4.69, 9.17) is 4.52 Å². The smallest absolute Gasteiger partial charge is 0.227 e. The molecule has 2 aliphatic rings. The molecule has 8 heteroatoms. The molecule has 172 valence electrons. The van der Waals surface area contributed by atoms with Gasteiger partial charge in [0.15, 0.2) is 0 Å². The molecule has 3 heterocycles. The van der Waals surface area contributed by atoms with Crippen LogP contribution >= 0.6 is 0 Å². The molecule has 0 unspecified atom stereocenters. The fraction of sp³-hybridized carbons (Fsp3) is 0.583. The average molecular weight is 443 g/mol. The standard InChI is InChI=1S/C24H31FN4O3/c1-17-6-7-19(16-20(17)25)23-26-21(32-27-23)8-9-22(30)28-14-10-18(11-15-28)24(31)29-12-4-2-3-5-13-29/h6-7,16,18H,2-5,8-15H2,1H3. The normalized spacial score (nSPS) is 17.9. The van der Waals surface area contributed by atoms with Crippen LogP contribution in [0.1, 0.15) is 56.4 Å². The van der Waals surface area contributed by atoms with E-state index in [2.05, 4.69) is 10.1 Å². The van der Waals surface area contributed by atoms with Crippen molar-refractivity contribution in [1.29, 1.82) is 0 Å². The monoisotopic (exact) mass is 442 g/mol. The van der Waals surface area contributed by atoms with E-state index in [0.29, 0.717) is 42.4 Å². The summed E-state index contributed by atoms with van der Waals surface area (Å²) in [4.78, 5) is 33.6. The summed E-state index contributed by atoms with van der Waals surface area (Å²) in [6, 6.07) is 4.80. The summed E-state index contributed by atoms with van der Waals surface area (Å²) < 4.78 is 19.0. The number of aryl methyl sites for hydroxylation is 2. The molecule has 2 fully saturated rings. The highest BCUT2D eigenvalue weighted by atomic mass is 19.1. The van der Waals surface area contributed by atoms with Gasteiger partial charge in [-0.2, -0.15) is 4.98 Å². The summed E-state index contributed by atoms with van der Waals surface area (Å²) >= 11 is 0. The molecule has 2 aromatic rings. The molecule has 0 saturated carbocycles. The zero-order chi connectivity index (χ0) is 22.5. The van der Waals surface area contributed by atoms with Crippen LogP contribution in [0.3, 0.4) is 0 Å². The van der Waals surface area contributed by atoms with Crippen LogP contribution in [-0.4, -0.2) is 57.9 Å². The number of amides is 2. The lowest BCUT2D eigenvalue weighted by atomic mass is 9.95. The number of hydrogen-bond acceptors (Lipinski definition) is 5. The van der Waals surface area contributed by atoms with Gasteiger partial charge in [0.05, 0.1) is 0 Å². The molecule has 2 amide bonds. The van der Waals surface area contributed by atoms with E-state index >= 15 is 0 Å². The summed E-state index contributed by atoms with van der Waals surface area (Å²) in [5, 5.41) is 3.91. The van der Waals surface area contributed by atoms with Gasteiger partial charge in [0.25, 0.3) is 0 Å². The first-order valence-corrected chi connectivity index (χ1v) is 11.7. The first-order chi connectivity index (χ1) is 15.5. The second-order valence-corrected chi connectivity index (χ2v) is 8.87. The molecule has 0 aliphatic carbocycles. The van der Waals surface area contributed by atoms with Crippen LogP contribution in [0.2, 0.25) is 0 Å². The summed E-state index contributed by atoms with van der Waals surface area (Å²) in [5.74, 6) is 0.698. The van der Waals surface area contributed by atoms with E-state index in [9.17, 15) is 14.0 Å². The third-order valence-electron chi connectivity index (χ3n) is 6.57. The molecule has 0 bridgehead atoms. The highest BCUT2D eigenvalue weighted by Crippen LogP contribution is 2.23. The Morgan fingerprint density at radius 2 is 1.78 bits per heavy atom. The quantitative estimate of drug-likeness (QED) is 0.705. The van der Waals surface area contributed by atoms with Crippen molar-refractivity contribution in [3.63, 3.8) is 0 Å². The van der Waals surface area contributed by atoms with E-state index in [1.54, 1.807) is 19.1 Å². The van der Waals surface area contributed by atoms with Crippen LogP contribution < -0.4 is 0 Å². The molecule has 1 aromatic heterocycles. The van der Waals surface area contributed by atoms with Crippen molar-refractivity contribution in [2.45, 2.75) is 58.3 Å². The maximum Gasteiger partial charge on any atom is 0.227 e. The zero-order valence-electron chi connectivity index (χ0n) is 18.7. The van der Waals surface area contributed by atoms with Crippen molar-refractivity contribution < 1.29 is 18.5 Å². The van der Waals surface area contributed by atoms with Crippen molar-refractivity contribution in [3.8, 4) is 11.4 Å². The van der Waals surface area contributed by atoms with Crippen molar-refractivity contribution >= 4 is 11.8 Å². The lowest BCUT2D eigenvalue weighted by molar-refractivity contribution is -0.140. The Hall–Kier alpha value is -2.77. The molecule has 4 rings (SSSR count). The van der Waals surface area contributed by atoms with Crippen molar-refractivity contribution in [2.75, 3.05) is 26.2 Å². The van der Waals surface area contributed by atoms with E-state index in [-0.39, 0.29) is 30.0 Å². The fourth-order valence-corrected chi connectivity index (χ4v) is 4.50. The number of rotatable bonds is 5. The molecule has 0 radical (unpaired) electrons. The minimum Gasteiger partial charge on any atom is -0.343 e. The lowest BCUT2D eigenvalue weighted by Gasteiger charge is -2.34. The highest BCUT2D eigenvalue weighted by Gasteiger charge is 2.30. The van der Waals surface area contributed by atoms with Crippen LogP contribution in [0.25, 0.3) is 11.4 Å². The Morgan fingerprint density at radius 3 is 2.47 bits per heavy atom. The summed E-state index contributed by atoms with van der Waals surface area (Å²) in [6.07, 6.45) is 6.68. The van der Waals surface area contributed by atoms with Gasteiger partial charge in [0, 0.05) is 50.5 Å². The van der Waals surface area contributed by atoms with Crippen molar-refractivity contribution in [3.05, 3.63) is 35.5 Å². The Labute approximate surface area is 188 Å². The highest BCUT2D eigenvalue weighted by molar-refractivity contribution is 5.80. The maximum absolute atomic E-state index is 13.8. The zero-order valence-corrected chi connectivity index (χ0v) is 18.7. The molecular weight excluding hydrogens is 411 g/mol. The number of likely N-dealkylation sites (tertiary alicyclic amines) is 2. The van der Waals surface area contributed by atoms with E-state index < -0.39 is 0 Å². The van der Waals surface area contributed by atoms with Gasteiger partial charge in [-0.25, -0.2) is 4.39 Å². The molecule has 7 nitrogen and oxygen atoms in total. The number of carbonyl (C=O) groups excluding carboxylic acids is 2. The van der Waals surface area contributed by atoms with Gasteiger partial charge in [-0.3, -0.25) is 9.59 Å². The van der Waals surface area contributed by atoms with Gasteiger partial charge in [-0.15, -0.1) is 0 Å². The lowest BCUT2D eigenvalue weighted by Crippen LogP contribution is -2.44. The number of hydrogen-bond donors (Lipinski definition) is 0. The molecule has 2 aliphatic heterocycles. The van der Waals surface area contributed by atoms with Gasteiger partial charge in [-0.05, 0) is 44.2 Å². The minimum atomic E-state index is -0.318. The van der Waals surface area contributed by atoms with E-state index in [1.165, 1.54) is 18.9 Å². The third-order valence-corrected chi connectivity index (χ3v) is 6.57. The molecule has 1 aromatic carbocycles. The number of halogens is 1. The number of piperidine rings is 1. The van der Waals surface area contributed by atoms with Gasteiger partial charge < -0.3 is 14.3 Å². The molecular formula is C24H31FN4O3. The second kappa shape index (κ2) is 10.2. The topological polar surface area (TPSA) is 79.5 Å².